The average Bonchev–Trinajstić information content (AvgIpc) is 3.02. The number of hydrogen-bond acceptors (Lipinski definition) is 6. The minimum atomic E-state index is 0.309. The van der Waals surface area contributed by atoms with Gasteiger partial charge in [-0.05, 0) is 25.3 Å². The smallest absolute Gasteiger partial charge is 0.276 e. The Morgan fingerprint density at radius 3 is 3.00 bits per heavy atom. The zero-order valence-corrected chi connectivity index (χ0v) is 13.5. The summed E-state index contributed by atoms with van der Waals surface area (Å²) >= 11 is 1.57. The van der Waals surface area contributed by atoms with E-state index in [1.807, 2.05) is 24.3 Å². The minimum absolute atomic E-state index is 0.309. The van der Waals surface area contributed by atoms with Gasteiger partial charge in [0.05, 0.1) is 19.6 Å². The molecule has 1 atom stereocenters. The van der Waals surface area contributed by atoms with Crippen molar-refractivity contribution >= 4 is 11.8 Å². The lowest BCUT2D eigenvalue weighted by atomic mass is 10.1. The predicted octanol–water partition coefficient (Wildman–Crippen LogP) is 3.33. The minimum Gasteiger partial charge on any atom is -0.496 e. The fourth-order valence-electron chi connectivity index (χ4n) is 2.48. The van der Waals surface area contributed by atoms with Crippen molar-refractivity contribution in [2.45, 2.75) is 37.0 Å². The number of para-hydroxylation sites is 1. The topological polar surface area (TPSA) is 57.4 Å². The highest BCUT2D eigenvalue weighted by atomic mass is 32.2. The van der Waals surface area contributed by atoms with Crippen LogP contribution in [0.4, 0.5) is 0 Å². The molecule has 0 bridgehead atoms. The van der Waals surface area contributed by atoms with Crippen LogP contribution in [-0.4, -0.2) is 35.8 Å². The van der Waals surface area contributed by atoms with Crippen molar-refractivity contribution in [3.05, 3.63) is 35.7 Å². The Morgan fingerprint density at radius 2 is 2.18 bits per heavy atom. The number of rotatable bonds is 6. The molecular weight excluding hydrogens is 300 g/mol. The van der Waals surface area contributed by atoms with Crippen molar-refractivity contribution in [3.8, 4) is 5.75 Å². The first-order chi connectivity index (χ1) is 10.8. The Balaban J connectivity index is 1.56. The fraction of sp³-hybridized carbons (Fsp3) is 0.500. The molecule has 1 aromatic heterocycles. The first-order valence-electron chi connectivity index (χ1n) is 7.54. The van der Waals surface area contributed by atoms with Crippen LogP contribution in [0.5, 0.6) is 5.75 Å². The number of hydrogen-bond donors (Lipinski definition) is 0. The standard InChI is InChI=1S/C16H20N2O3S/c1-19-14-8-3-2-6-12(14)10-15-17-18-16(21-15)22-11-13-7-4-5-9-20-13/h2-3,6,8,13H,4-5,7,9-11H2,1H3/t13-/m0/s1. The summed E-state index contributed by atoms with van der Waals surface area (Å²) in [7, 11) is 1.66. The maximum absolute atomic E-state index is 5.71. The van der Waals surface area contributed by atoms with Crippen LogP contribution < -0.4 is 4.74 Å². The van der Waals surface area contributed by atoms with E-state index in [0.29, 0.717) is 23.6 Å². The average molecular weight is 320 g/mol. The maximum atomic E-state index is 5.71. The molecule has 0 spiro atoms. The fourth-order valence-corrected chi connectivity index (χ4v) is 3.33. The van der Waals surface area contributed by atoms with Crippen molar-refractivity contribution < 1.29 is 13.9 Å². The van der Waals surface area contributed by atoms with Crippen LogP contribution in [0.3, 0.4) is 0 Å². The summed E-state index contributed by atoms with van der Waals surface area (Å²) in [5.74, 6) is 2.32. The van der Waals surface area contributed by atoms with Gasteiger partial charge >= 0.3 is 0 Å². The van der Waals surface area contributed by atoms with Gasteiger partial charge in [0.25, 0.3) is 5.22 Å². The van der Waals surface area contributed by atoms with E-state index >= 15 is 0 Å². The summed E-state index contributed by atoms with van der Waals surface area (Å²) in [6.45, 7) is 0.869. The van der Waals surface area contributed by atoms with Gasteiger partial charge in [0, 0.05) is 17.9 Å². The molecule has 1 fully saturated rings. The van der Waals surface area contributed by atoms with Gasteiger partial charge in [0.15, 0.2) is 0 Å². The molecule has 1 aliphatic rings. The zero-order valence-electron chi connectivity index (χ0n) is 12.7. The number of benzene rings is 1. The summed E-state index contributed by atoms with van der Waals surface area (Å²) in [5, 5.41) is 8.83. The molecule has 0 unspecified atom stereocenters. The molecule has 0 saturated carbocycles. The first-order valence-corrected chi connectivity index (χ1v) is 8.52. The third-order valence-electron chi connectivity index (χ3n) is 3.65. The molecule has 3 rings (SSSR count). The van der Waals surface area contributed by atoms with Crippen LogP contribution in [0.1, 0.15) is 30.7 Å². The molecule has 2 heterocycles. The van der Waals surface area contributed by atoms with Crippen LogP contribution in [0.2, 0.25) is 0 Å². The van der Waals surface area contributed by atoms with Gasteiger partial charge in [-0.2, -0.15) is 0 Å². The Kier molecular flexibility index (Phi) is 5.34. The highest BCUT2D eigenvalue weighted by molar-refractivity contribution is 7.99. The zero-order chi connectivity index (χ0) is 15.2. The SMILES string of the molecule is COc1ccccc1Cc1nnc(SC[C@@H]2CCCCO2)o1. The lowest BCUT2D eigenvalue weighted by Gasteiger charge is -2.21. The number of aromatic nitrogens is 2. The summed E-state index contributed by atoms with van der Waals surface area (Å²) in [5.41, 5.74) is 1.04. The molecule has 5 nitrogen and oxygen atoms in total. The Hall–Kier alpha value is -1.53. The number of nitrogens with zero attached hydrogens (tertiary/aromatic N) is 2. The normalized spacial score (nSPS) is 18.3. The Morgan fingerprint density at radius 1 is 1.27 bits per heavy atom. The molecule has 1 saturated heterocycles. The van der Waals surface area contributed by atoms with Crippen molar-refractivity contribution in [1.82, 2.24) is 10.2 Å². The predicted molar refractivity (Wildman–Crippen MR) is 84.4 cm³/mol. The third kappa shape index (κ3) is 4.01. The lowest BCUT2D eigenvalue weighted by Crippen LogP contribution is -2.21. The second kappa shape index (κ2) is 7.65. The van der Waals surface area contributed by atoms with Crippen molar-refractivity contribution in [2.24, 2.45) is 0 Å². The maximum Gasteiger partial charge on any atom is 0.276 e. The van der Waals surface area contributed by atoms with E-state index in [9.17, 15) is 0 Å². The molecular formula is C16H20N2O3S. The van der Waals surface area contributed by atoms with Gasteiger partial charge in [0.2, 0.25) is 5.89 Å². The quantitative estimate of drug-likeness (QED) is 0.761. The molecule has 0 aliphatic carbocycles. The van der Waals surface area contributed by atoms with Crippen molar-refractivity contribution in [1.29, 1.82) is 0 Å². The van der Waals surface area contributed by atoms with Crippen LogP contribution in [-0.2, 0) is 11.2 Å². The molecule has 0 N–H and O–H groups in total. The molecule has 1 aliphatic heterocycles. The second-order valence-corrected chi connectivity index (χ2v) is 6.22. The van der Waals surface area contributed by atoms with Crippen LogP contribution in [0, 0.1) is 0 Å². The lowest BCUT2D eigenvalue weighted by molar-refractivity contribution is 0.0314. The van der Waals surface area contributed by atoms with Gasteiger partial charge < -0.3 is 13.9 Å². The summed E-state index contributed by atoms with van der Waals surface area (Å²) < 4.78 is 16.8. The molecule has 2 aromatic rings. The molecule has 22 heavy (non-hydrogen) atoms. The number of ether oxygens (including phenoxy) is 2. The van der Waals surface area contributed by atoms with Crippen LogP contribution in [0.25, 0.3) is 0 Å². The Bertz CT molecular complexity index is 597. The third-order valence-corrected chi connectivity index (χ3v) is 4.60. The number of thioether (sulfide) groups is 1. The van der Waals surface area contributed by atoms with Crippen molar-refractivity contribution in [3.63, 3.8) is 0 Å². The second-order valence-electron chi connectivity index (χ2n) is 5.25. The van der Waals surface area contributed by atoms with Crippen LogP contribution in [0.15, 0.2) is 33.9 Å². The van der Waals surface area contributed by atoms with Crippen LogP contribution >= 0.6 is 11.8 Å². The highest BCUT2D eigenvalue weighted by Crippen LogP contribution is 2.25. The van der Waals surface area contributed by atoms with Gasteiger partial charge in [-0.15, -0.1) is 10.2 Å². The number of methoxy groups -OCH3 is 1. The summed E-state index contributed by atoms with van der Waals surface area (Å²) in [4.78, 5) is 0. The van der Waals surface area contributed by atoms with Gasteiger partial charge in [-0.1, -0.05) is 30.0 Å². The monoisotopic (exact) mass is 320 g/mol. The van der Waals surface area contributed by atoms with E-state index in [-0.39, 0.29) is 0 Å². The molecule has 0 amide bonds. The molecule has 118 valence electrons. The summed E-state index contributed by atoms with van der Waals surface area (Å²) in [6.07, 6.45) is 4.43. The van der Waals surface area contributed by atoms with Gasteiger partial charge in [-0.3, -0.25) is 0 Å². The van der Waals surface area contributed by atoms with Gasteiger partial charge in [0.1, 0.15) is 5.75 Å². The Labute approximate surface area is 134 Å². The molecule has 0 radical (unpaired) electrons. The highest BCUT2D eigenvalue weighted by Gasteiger charge is 2.16. The first kappa shape index (κ1) is 15.4. The largest absolute Gasteiger partial charge is 0.496 e. The summed E-state index contributed by atoms with van der Waals surface area (Å²) in [6, 6.07) is 7.86. The van der Waals surface area contributed by atoms with E-state index in [0.717, 1.165) is 30.1 Å². The van der Waals surface area contributed by atoms with Crippen molar-refractivity contribution in [2.75, 3.05) is 19.5 Å². The van der Waals surface area contributed by atoms with Gasteiger partial charge in [-0.25, -0.2) is 0 Å². The van der Waals surface area contributed by atoms with E-state index in [1.54, 1.807) is 18.9 Å². The van der Waals surface area contributed by atoms with E-state index in [4.69, 9.17) is 13.9 Å². The van der Waals surface area contributed by atoms with E-state index < -0.39 is 0 Å². The van der Waals surface area contributed by atoms with E-state index in [2.05, 4.69) is 10.2 Å². The molecule has 1 aromatic carbocycles. The van der Waals surface area contributed by atoms with E-state index in [1.165, 1.54) is 12.8 Å². The molecule has 6 heteroatoms.